The van der Waals surface area contributed by atoms with Crippen LogP contribution in [0.4, 0.5) is 5.69 Å². The van der Waals surface area contributed by atoms with E-state index in [0.717, 1.165) is 43.9 Å². The lowest BCUT2D eigenvalue weighted by molar-refractivity contribution is 0.197. The topological polar surface area (TPSA) is 48.3 Å². The summed E-state index contributed by atoms with van der Waals surface area (Å²) in [7, 11) is 1.66. The molecule has 2 rings (SSSR count). The Labute approximate surface area is 121 Å². The normalized spacial score (nSPS) is 18.2. The number of hydrogen-bond donors (Lipinski definition) is 1. The van der Waals surface area contributed by atoms with Crippen molar-refractivity contribution in [3.63, 3.8) is 0 Å². The van der Waals surface area contributed by atoms with Crippen LogP contribution in [0.15, 0.2) is 24.3 Å². The Morgan fingerprint density at radius 1 is 1.30 bits per heavy atom. The van der Waals surface area contributed by atoms with Crippen LogP contribution in [0.25, 0.3) is 0 Å². The molecule has 1 aliphatic heterocycles. The number of methoxy groups -OCH3 is 1. The van der Waals surface area contributed by atoms with Gasteiger partial charge in [-0.1, -0.05) is 6.92 Å². The van der Waals surface area contributed by atoms with Crippen LogP contribution in [0.5, 0.6) is 5.75 Å². The van der Waals surface area contributed by atoms with E-state index in [1.807, 2.05) is 24.3 Å². The smallest absolute Gasteiger partial charge is 0.127 e. The number of benzene rings is 1. The predicted molar refractivity (Wildman–Crippen MR) is 80.9 cm³/mol. The zero-order valence-corrected chi connectivity index (χ0v) is 12.4. The van der Waals surface area contributed by atoms with Gasteiger partial charge < -0.3 is 15.0 Å². The Kier molecular flexibility index (Phi) is 4.86. The molecule has 1 aromatic rings. The standard InChI is InChI=1S/C16H23N3O/c1-3-10-19-11-8-16(13-17,9-12-19)18-14-4-6-15(20-2)7-5-14/h4-7,18H,3,8-12H2,1-2H3. The summed E-state index contributed by atoms with van der Waals surface area (Å²) in [5.74, 6) is 0.833. The summed E-state index contributed by atoms with van der Waals surface area (Å²) in [6, 6.07) is 10.3. The largest absolute Gasteiger partial charge is 0.497 e. The maximum absolute atomic E-state index is 9.56. The van der Waals surface area contributed by atoms with E-state index in [0.29, 0.717) is 0 Å². The lowest BCUT2D eigenvalue weighted by Crippen LogP contribution is -2.48. The van der Waals surface area contributed by atoms with E-state index in [2.05, 4.69) is 23.2 Å². The first kappa shape index (κ1) is 14.7. The molecule has 0 spiro atoms. The molecule has 1 aliphatic rings. The van der Waals surface area contributed by atoms with Crippen LogP contribution in [0.3, 0.4) is 0 Å². The van der Waals surface area contributed by atoms with Crippen molar-refractivity contribution in [1.29, 1.82) is 5.26 Å². The highest BCUT2D eigenvalue weighted by atomic mass is 16.5. The number of ether oxygens (including phenoxy) is 1. The molecule has 0 atom stereocenters. The van der Waals surface area contributed by atoms with Crippen molar-refractivity contribution in [2.45, 2.75) is 31.7 Å². The Hall–Kier alpha value is -1.73. The van der Waals surface area contributed by atoms with Gasteiger partial charge in [0.05, 0.1) is 13.2 Å². The van der Waals surface area contributed by atoms with Crippen LogP contribution in [0.2, 0.25) is 0 Å². The average molecular weight is 273 g/mol. The van der Waals surface area contributed by atoms with Gasteiger partial charge in [0.15, 0.2) is 0 Å². The molecule has 4 nitrogen and oxygen atoms in total. The van der Waals surface area contributed by atoms with Gasteiger partial charge >= 0.3 is 0 Å². The number of nitriles is 1. The number of anilines is 1. The molecule has 4 heteroatoms. The molecule has 1 heterocycles. The van der Waals surface area contributed by atoms with E-state index in [1.165, 1.54) is 6.42 Å². The van der Waals surface area contributed by atoms with E-state index >= 15 is 0 Å². The molecular weight excluding hydrogens is 250 g/mol. The Morgan fingerprint density at radius 3 is 2.45 bits per heavy atom. The fraction of sp³-hybridized carbons (Fsp3) is 0.562. The van der Waals surface area contributed by atoms with Gasteiger partial charge in [-0.2, -0.15) is 5.26 Å². The molecule has 108 valence electrons. The average Bonchev–Trinajstić information content (AvgIpc) is 2.50. The number of nitrogens with zero attached hydrogens (tertiary/aromatic N) is 2. The number of piperidine rings is 1. The maximum Gasteiger partial charge on any atom is 0.127 e. The van der Waals surface area contributed by atoms with E-state index in [9.17, 15) is 5.26 Å². The van der Waals surface area contributed by atoms with Crippen molar-refractivity contribution >= 4 is 5.69 Å². The molecule has 1 aromatic carbocycles. The summed E-state index contributed by atoms with van der Waals surface area (Å²) < 4.78 is 5.15. The van der Waals surface area contributed by atoms with Gasteiger partial charge in [0, 0.05) is 18.8 Å². The Morgan fingerprint density at radius 2 is 1.95 bits per heavy atom. The highest BCUT2D eigenvalue weighted by Gasteiger charge is 2.34. The van der Waals surface area contributed by atoms with Crippen LogP contribution >= 0.6 is 0 Å². The van der Waals surface area contributed by atoms with Gasteiger partial charge in [0.1, 0.15) is 11.3 Å². The monoisotopic (exact) mass is 273 g/mol. The van der Waals surface area contributed by atoms with Gasteiger partial charge in [-0.3, -0.25) is 0 Å². The molecule has 1 saturated heterocycles. The van der Waals surface area contributed by atoms with Crippen molar-refractivity contribution < 1.29 is 4.74 Å². The molecule has 0 unspecified atom stereocenters. The zero-order valence-electron chi connectivity index (χ0n) is 12.4. The van der Waals surface area contributed by atoms with Gasteiger partial charge in [-0.05, 0) is 50.1 Å². The molecule has 0 aliphatic carbocycles. The summed E-state index contributed by atoms with van der Waals surface area (Å²) in [6.07, 6.45) is 2.91. The van der Waals surface area contributed by atoms with Crippen molar-refractivity contribution in [1.82, 2.24) is 4.90 Å². The molecular formula is C16H23N3O. The number of likely N-dealkylation sites (tertiary alicyclic amines) is 1. The maximum atomic E-state index is 9.56. The zero-order chi connectivity index (χ0) is 14.4. The van der Waals surface area contributed by atoms with E-state index in [1.54, 1.807) is 7.11 Å². The van der Waals surface area contributed by atoms with Crippen LogP contribution in [0, 0.1) is 11.3 Å². The molecule has 1 fully saturated rings. The van der Waals surface area contributed by atoms with E-state index in [4.69, 9.17) is 4.74 Å². The quantitative estimate of drug-likeness (QED) is 0.896. The lowest BCUT2D eigenvalue weighted by atomic mass is 9.88. The summed E-state index contributed by atoms with van der Waals surface area (Å²) in [5, 5.41) is 13.0. The van der Waals surface area contributed by atoms with Crippen LogP contribution in [-0.2, 0) is 0 Å². The Bertz CT molecular complexity index is 456. The van der Waals surface area contributed by atoms with Crippen LogP contribution in [0.1, 0.15) is 26.2 Å². The molecule has 1 N–H and O–H groups in total. The fourth-order valence-electron chi connectivity index (χ4n) is 2.69. The number of rotatable bonds is 5. The molecule has 0 amide bonds. The first-order valence-electron chi connectivity index (χ1n) is 7.27. The highest BCUT2D eigenvalue weighted by molar-refractivity contribution is 5.50. The molecule has 0 aromatic heterocycles. The van der Waals surface area contributed by atoms with Crippen molar-refractivity contribution in [2.75, 3.05) is 32.1 Å². The van der Waals surface area contributed by atoms with Gasteiger partial charge in [0.2, 0.25) is 0 Å². The van der Waals surface area contributed by atoms with Gasteiger partial charge in [-0.15, -0.1) is 0 Å². The second-order valence-electron chi connectivity index (χ2n) is 5.39. The molecule has 20 heavy (non-hydrogen) atoms. The number of hydrogen-bond acceptors (Lipinski definition) is 4. The van der Waals surface area contributed by atoms with Gasteiger partial charge in [0.25, 0.3) is 0 Å². The van der Waals surface area contributed by atoms with Crippen molar-refractivity contribution in [2.24, 2.45) is 0 Å². The Balaban J connectivity index is 2.00. The summed E-state index contributed by atoms with van der Waals surface area (Å²) in [6.45, 7) is 5.31. The summed E-state index contributed by atoms with van der Waals surface area (Å²) >= 11 is 0. The highest BCUT2D eigenvalue weighted by Crippen LogP contribution is 2.27. The summed E-state index contributed by atoms with van der Waals surface area (Å²) in [5.41, 5.74) is 0.551. The second-order valence-corrected chi connectivity index (χ2v) is 5.39. The van der Waals surface area contributed by atoms with Crippen LogP contribution < -0.4 is 10.1 Å². The fourth-order valence-corrected chi connectivity index (χ4v) is 2.69. The molecule has 0 bridgehead atoms. The van der Waals surface area contributed by atoms with E-state index < -0.39 is 5.54 Å². The summed E-state index contributed by atoms with van der Waals surface area (Å²) in [4.78, 5) is 2.44. The minimum Gasteiger partial charge on any atom is -0.497 e. The third-order valence-electron chi connectivity index (χ3n) is 3.94. The minimum atomic E-state index is -0.432. The van der Waals surface area contributed by atoms with Crippen molar-refractivity contribution in [3.05, 3.63) is 24.3 Å². The third-order valence-corrected chi connectivity index (χ3v) is 3.94. The first-order chi connectivity index (χ1) is 9.71. The van der Waals surface area contributed by atoms with Crippen LogP contribution in [-0.4, -0.2) is 37.2 Å². The van der Waals surface area contributed by atoms with Crippen molar-refractivity contribution in [3.8, 4) is 11.8 Å². The predicted octanol–water partition coefficient (Wildman–Crippen LogP) is 2.88. The lowest BCUT2D eigenvalue weighted by Gasteiger charge is -2.38. The van der Waals surface area contributed by atoms with E-state index in [-0.39, 0.29) is 0 Å². The molecule has 0 radical (unpaired) electrons. The first-order valence-corrected chi connectivity index (χ1v) is 7.27. The minimum absolute atomic E-state index is 0.432. The third kappa shape index (κ3) is 3.43. The molecule has 0 saturated carbocycles. The SMILES string of the molecule is CCCN1CCC(C#N)(Nc2ccc(OC)cc2)CC1. The van der Waals surface area contributed by atoms with Gasteiger partial charge in [-0.25, -0.2) is 0 Å². The number of nitrogens with one attached hydrogen (secondary N) is 1. The second kappa shape index (κ2) is 6.62.